The zero-order chi connectivity index (χ0) is 13.0. The van der Waals surface area contributed by atoms with E-state index < -0.39 is 0 Å². The third kappa shape index (κ3) is 3.30. The lowest BCUT2D eigenvalue weighted by Gasteiger charge is -2.20. The average molecular weight is 238 g/mol. The maximum absolute atomic E-state index is 11.6. The molecule has 0 aliphatic rings. The summed E-state index contributed by atoms with van der Waals surface area (Å²) in [7, 11) is 1.63. The molecule has 1 aromatic rings. The fourth-order valence-electron chi connectivity index (χ4n) is 1.89. The minimum Gasteiger partial charge on any atom is -0.357 e. The number of carbonyl (C=O) groups is 1. The van der Waals surface area contributed by atoms with E-state index in [2.05, 4.69) is 24.1 Å². The Morgan fingerprint density at radius 3 is 2.71 bits per heavy atom. The second-order valence-corrected chi connectivity index (χ2v) is 4.75. The van der Waals surface area contributed by atoms with Crippen molar-refractivity contribution in [2.75, 3.05) is 7.05 Å². The summed E-state index contributed by atoms with van der Waals surface area (Å²) in [5.41, 5.74) is 7.04. The number of imidazole rings is 1. The lowest BCUT2D eigenvalue weighted by molar-refractivity contribution is -0.123. The summed E-state index contributed by atoms with van der Waals surface area (Å²) < 4.78 is 1.84. The molecule has 0 fully saturated rings. The van der Waals surface area contributed by atoms with Crippen LogP contribution in [0.5, 0.6) is 0 Å². The molecule has 0 radical (unpaired) electrons. The normalized spacial score (nSPS) is 14.7. The summed E-state index contributed by atoms with van der Waals surface area (Å²) in [4.78, 5) is 15.7. The molecular weight excluding hydrogens is 216 g/mol. The van der Waals surface area contributed by atoms with Crippen LogP contribution in [0.4, 0.5) is 0 Å². The van der Waals surface area contributed by atoms with Gasteiger partial charge in [-0.1, -0.05) is 13.8 Å². The third-order valence-electron chi connectivity index (χ3n) is 2.84. The molecule has 5 nitrogen and oxygen atoms in total. The molecule has 1 heterocycles. The number of nitrogens with zero attached hydrogens (tertiary/aromatic N) is 2. The van der Waals surface area contributed by atoms with Crippen LogP contribution in [0.25, 0.3) is 0 Å². The van der Waals surface area contributed by atoms with Gasteiger partial charge in [-0.15, -0.1) is 0 Å². The van der Waals surface area contributed by atoms with Gasteiger partial charge in [0.25, 0.3) is 0 Å². The summed E-state index contributed by atoms with van der Waals surface area (Å²) in [6, 6.07) is -0.361. The van der Waals surface area contributed by atoms with E-state index in [9.17, 15) is 4.79 Å². The first-order valence-corrected chi connectivity index (χ1v) is 5.96. The number of rotatable bonds is 5. The van der Waals surface area contributed by atoms with E-state index in [1.165, 1.54) is 0 Å². The van der Waals surface area contributed by atoms with Crippen LogP contribution in [0.2, 0.25) is 0 Å². The largest absolute Gasteiger partial charge is 0.357 e. The molecule has 1 rings (SSSR count). The first-order valence-electron chi connectivity index (χ1n) is 5.96. The van der Waals surface area contributed by atoms with E-state index in [1.54, 1.807) is 19.6 Å². The summed E-state index contributed by atoms with van der Waals surface area (Å²) in [5.74, 6) is 0.477. The molecule has 2 atom stereocenters. The van der Waals surface area contributed by atoms with Crippen molar-refractivity contribution in [1.29, 1.82) is 0 Å². The SMILES string of the molecule is CNC(=O)C(C)n1cncc1C(N)CC(C)C. The summed E-state index contributed by atoms with van der Waals surface area (Å²) in [6.07, 6.45) is 4.29. The van der Waals surface area contributed by atoms with Gasteiger partial charge in [-0.25, -0.2) is 4.98 Å². The van der Waals surface area contributed by atoms with E-state index in [0.29, 0.717) is 5.92 Å². The van der Waals surface area contributed by atoms with E-state index >= 15 is 0 Å². The molecule has 0 saturated heterocycles. The fraction of sp³-hybridized carbons (Fsp3) is 0.667. The molecule has 0 aliphatic carbocycles. The van der Waals surface area contributed by atoms with Gasteiger partial charge < -0.3 is 15.6 Å². The molecule has 0 aromatic carbocycles. The van der Waals surface area contributed by atoms with Crippen LogP contribution >= 0.6 is 0 Å². The van der Waals surface area contributed by atoms with E-state index in [0.717, 1.165) is 12.1 Å². The van der Waals surface area contributed by atoms with Gasteiger partial charge in [0, 0.05) is 19.3 Å². The summed E-state index contributed by atoms with van der Waals surface area (Å²) in [6.45, 7) is 6.09. The van der Waals surface area contributed by atoms with Crippen molar-refractivity contribution in [3.63, 3.8) is 0 Å². The molecule has 2 unspecified atom stereocenters. The van der Waals surface area contributed by atoms with Crippen molar-refractivity contribution in [3.8, 4) is 0 Å². The molecule has 5 heteroatoms. The second kappa shape index (κ2) is 5.82. The molecular formula is C12H22N4O. The Morgan fingerprint density at radius 1 is 1.53 bits per heavy atom. The predicted molar refractivity (Wildman–Crippen MR) is 67.4 cm³/mol. The van der Waals surface area contributed by atoms with Crippen LogP contribution in [0.15, 0.2) is 12.5 Å². The molecule has 0 spiro atoms. The molecule has 3 N–H and O–H groups in total. The van der Waals surface area contributed by atoms with Gasteiger partial charge in [-0.3, -0.25) is 4.79 Å². The predicted octanol–water partition coefficient (Wildman–Crippen LogP) is 1.24. The molecule has 1 amide bonds. The monoisotopic (exact) mass is 238 g/mol. The number of amides is 1. The van der Waals surface area contributed by atoms with Crippen molar-refractivity contribution in [3.05, 3.63) is 18.2 Å². The number of carbonyl (C=O) groups excluding carboxylic acids is 1. The molecule has 17 heavy (non-hydrogen) atoms. The smallest absolute Gasteiger partial charge is 0.242 e. The maximum Gasteiger partial charge on any atom is 0.242 e. The highest BCUT2D eigenvalue weighted by Crippen LogP contribution is 2.21. The zero-order valence-electron chi connectivity index (χ0n) is 11.0. The molecule has 1 aromatic heterocycles. The Morgan fingerprint density at radius 2 is 2.18 bits per heavy atom. The first kappa shape index (κ1) is 13.7. The zero-order valence-corrected chi connectivity index (χ0v) is 11.0. The summed E-state index contributed by atoms with van der Waals surface area (Å²) in [5, 5.41) is 2.63. The number of likely N-dealkylation sites (N-methyl/N-ethyl adjacent to an activating group) is 1. The number of nitrogens with two attached hydrogens (primary N) is 1. The molecule has 0 bridgehead atoms. The topological polar surface area (TPSA) is 72.9 Å². The highest BCUT2D eigenvalue weighted by Gasteiger charge is 2.20. The average Bonchev–Trinajstić information content (AvgIpc) is 2.74. The van der Waals surface area contributed by atoms with Crippen LogP contribution in [-0.2, 0) is 4.79 Å². The van der Waals surface area contributed by atoms with Gasteiger partial charge in [-0.05, 0) is 19.3 Å². The van der Waals surface area contributed by atoms with Gasteiger partial charge in [0.1, 0.15) is 6.04 Å². The molecule has 0 saturated carbocycles. The van der Waals surface area contributed by atoms with Crippen molar-refractivity contribution < 1.29 is 4.79 Å². The Hall–Kier alpha value is -1.36. The number of aromatic nitrogens is 2. The number of hydrogen-bond acceptors (Lipinski definition) is 3. The summed E-state index contributed by atoms with van der Waals surface area (Å²) >= 11 is 0. The molecule has 96 valence electrons. The quantitative estimate of drug-likeness (QED) is 0.810. The number of nitrogens with one attached hydrogen (secondary N) is 1. The van der Waals surface area contributed by atoms with E-state index in [4.69, 9.17) is 5.73 Å². The lowest BCUT2D eigenvalue weighted by atomic mass is 10.0. The Bertz CT molecular complexity index is 372. The first-order chi connectivity index (χ1) is 7.97. The van der Waals surface area contributed by atoms with Gasteiger partial charge in [-0.2, -0.15) is 0 Å². The minimum atomic E-state index is -0.282. The van der Waals surface area contributed by atoms with Crippen LogP contribution in [0, 0.1) is 5.92 Å². The van der Waals surface area contributed by atoms with Gasteiger partial charge in [0.2, 0.25) is 5.91 Å². The van der Waals surface area contributed by atoms with Crippen LogP contribution in [-0.4, -0.2) is 22.5 Å². The minimum absolute atomic E-state index is 0.0407. The van der Waals surface area contributed by atoms with Crippen LogP contribution in [0.3, 0.4) is 0 Å². The lowest BCUT2D eigenvalue weighted by Crippen LogP contribution is -2.29. The maximum atomic E-state index is 11.6. The van der Waals surface area contributed by atoms with Crippen LogP contribution < -0.4 is 11.1 Å². The van der Waals surface area contributed by atoms with Gasteiger partial charge in [0.05, 0.1) is 12.0 Å². The van der Waals surface area contributed by atoms with E-state index in [1.807, 2.05) is 11.5 Å². The standard InChI is InChI=1S/C12H22N4O/c1-8(2)5-10(13)11-6-15-7-16(11)9(3)12(17)14-4/h6-10H,5,13H2,1-4H3,(H,14,17). The molecule has 0 aliphatic heterocycles. The van der Waals surface area contributed by atoms with Crippen molar-refractivity contribution in [1.82, 2.24) is 14.9 Å². The van der Waals surface area contributed by atoms with E-state index in [-0.39, 0.29) is 18.0 Å². The third-order valence-corrected chi connectivity index (χ3v) is 2.84. The Labute approximate surface area is 102 Å². The number of hydrogen-bond donors (Lipinski definition) is 2. The Kier molecular flexibility index (Phi) is 4.69. The van der Waals surface area contributed by atoms with Gasteiger partial charge >= 0.3 is 0 Å². The Balaban J connectivity index is 2.88. The van der Waals surface area contributed by atoms with Gasteiger partial charge in [0.15, 0.2) is 0 Å². The second-order valence-electron chi connectivity index (χ2n) is 4.75. The highest BCUT2D eigenvalue weighted by atomic mass is 16.2. The highest BCUT2D eigenvalue weighted by molar-refractivity contribution is 5.79. The van der Waals surface area contributed by atoms with Crippen molar-refractivity contribution >= 4 is 5.91 Å². The fourth-order valence-corrected chi connectivity index (χ4v) is 1.89. The van der Waals surface area contributed by atoms with Crippen molar-refractivity contribution in [2.45, 2.75) is 39.3 Å². The van der Waals surface area contributed by atoms with Crippen LogP contribution in [0.1, 0.15) is 45.0 Å². The van der Waals surface area contributed by atoms with Crippen molar-refractivity contribution in [2.24, 2.45) is 11.7 Å².